The highest BCUT2D eigenvalue weighted by molar-refractivity contribution is 9.10. The maximum absolute atomic E-state index is 12.8. The Labute approximate surface area is 175 Å². The Morgan fingerprint density at radius 2 is 1.79 bits per heavy atom. The first-order valence-corrected chi connectivity index (χ1v) is 13.0. The van der Waals surface area contributed by atoms with Crippen molar-refractivity contribution in [2.45, 2.75) is 35.7 Å². The van der Waals surface area contributed by atoms with Crippen LogP contribution < -0.4 is 4.72 Å². The van der Waals surface area contributed by atoms with Crippen molar-refractivity contribution in [2.75, 3.05) is 19.3 Å². The number of rotatable bonds is 6. The summed E-state index contributed by atoms with van der Waals surface area (Å²) in [6.45, 7) is 3.87. The molecule has 152 valence electrons. The van der Waals surface area contributed by atoms with E-state index < -0.39 is 19.9 Å². The highest BCUT2D eigenvalue weighted by Gasteiger charge is 2.24. The first kappa shape index (κ1) is 21.4. The van der Waals surface area contributed by atoms with Gasteiger partial charge in [0.2, 0.25) is 10.0 Å². The minimum Gasteiger partial charge on any atom is -0.295 e. The predicted octanol–water partition coefficient (Wildman–Crippen LogP) is 2.58. The molecule has 1 N–H and O–H groups in total. The number of hydrogen-bond donors (Lipinski definition) is 1. The third-order valence-corrected chi connectivity index (χ3v) is 8.50. The van der Waals surface area contributed by atoms with Crippen LogP contribution in [0.15, 0.2) is 56.7 Å². The molecule has 3 rings (SSSR count). The number of benzene rings is 2. The van der Waals surface area contributed by atoms with Crippen molar-refractivity contribution in [3.8, 4) is 0 Å². The Morgan fingerprint density at radius 3 is 2.46 bits per heavy atom. The van der Waals surface area contributed by atoms with Crippen molar-refractivity contribution in [3.05, 3.63) is 58.1 Å². The zero-order valence-corrected chi connectivity index (χ0v) is 18.9. The third kappa shape index (κ3) is 4.83. The van der Waals surface area contributed by atoms with Crippen LogP contribution in [0.25, 0.3) is 0 Å². The lowest BCUT2D eigenvalue weighted by molar-refractivity contribution is 0.192. The van der Waals surface area contributed by atoms with Crippen LogP contribution in [0, 0.1) is 0 Å². The molecule has 2 aromatic carbocycles. The van der Waals surface area contributed by atoms with Gasteiger partial charge in [-0.25, -0.2) is 21.6 Å². The quantitative estimate of drug-likeness (QED) is 0.678. The summed E-state index contributed by atoms with van der Waals surface area (Å²) >= 11 is 3.21. The Kier molecular flexibility index (Phi) is 6.31. The van der Waals surface area contributed by atoms with Crippen molar-refractivity contribution >= 4 is 35.8 Å². The fourth-order valence-corrected chi connectivity index (χ4v) is 6.08. The standard InChI is InChI=1S/C19H23BrN2O4S2/c1-14(22-10-9-15-5-3-4-6-16(15)13-22)12-21-28(25,26)19-11-17(27(2,23)24)7-8-18(19)20/h3-8,11,14,21H,9-10,12-13H2,1-2H3. The molecule has 1 atom stereocenters. The van der Waals surface area contributed by atoms with Gasteiger partial charge >= 0.3 is 0 Å². The topological polar surface area (TPSA) is 83.5 Å². The van der Waals surface area contributed by atoms with Gasteiger partial charge in [-0.2, -0.15) is 0 Å². The highest BCUT2D eigenvalue weighted by Crippen LogP contribution is 2.25. The van der Waals surface area contributed by atoms with E-state index in [2.05, 4.69) is 37.7 Å². The van der Waals surface area contributed by atoms with E-state index in [1.54, 1.807) is 0 Å². The first-order chi connectivity index (χ1) is 13.1. The molecule has 0 bridgehead atoms. The molecule has 2 aromatic rings. The van der Waals surface area contributed by atoms with Crippen LogP contribution in [-0.4, -0.2) is 47.1 Å². The van der Waals surface area contributed by atoms with Crippen molar-refractivity contribution in [1.82, 2.24) is 9.62 Å². The SMILES string of the molecule is CC(CNS(=O)(=O)c1cc(S(C)(=O)=O)ccc1Br)N1CCc2ccccc2C1. The van der Waals surface area contributed by atoms with Gasteiger partial charge in [-0.05, 0) is 58.6 Å². The molecule has 0 saturated heterocycles. The maximum atomic E-state index is 12.8. The molecular formula is C19H23BrN2O4S2. The molecule has 0 aliphatic carbocycles. The summed E-state index contributed by atoms with van der Waals surface area (Å²) in [7, 11) is -7.36. The highest BCUT2D eigenvalue weighted by atomic mass is 79.9. The maximum Gasteiger partial charge on any atom is 0.241 e. The van der Waals surface area contributed by atoms with Gasteiger partial charge in [-0.1, -0.05) is 24.3 Å². The lowest BCUT2D eigenvalue weighted by atomic mass is 9.99. The van der Waals surface area contributed by atoms with Crippen molar-refractivity contribution in [2.24, 2.45) is 0 Å². The molecule has 0 saturated carbocycles. The van der Waals surface area contributed by atoms with Crippen molar-refractivity contribution in [3.63, 3.8) is 0 Å². The molecule has 6 nitrogen and oxygen atoms in total. The monoisotopic (exact) mass is 486 g/mol. The van der Waals surface area contributed by atoms with E-state index in [4.69, 9.17) is 0 Å². The van der Waals surface area contributed by atoms with E-state index in [-0.39, 0.29) is 22.4 Å². The first-order valence-electron chi connectivity index (χ1n) is 8.88. The molecule has 0 aromatic heterocycles. The number of nitrogens with one attached hydrogen (secondary N) is 1. The molecule has 1 heterocycles. The van der Waals surface area contributed by atoms with Gasteiger partial charge < -0.3 is 0 Å². The molecule has 1 aliphatic heterocycles. The van der Waals surface area contributed by atoms with Crippen molar-refractivity contribution < 1.29 is 16.8 Å². The summed E-state index contributed by atoms with van der Waals surface area (Å²) in [6.07, 6.45) is 1.99. The van der Waals surface area contributed by atoms with E-state index in [0.29, 0.717) is 4.47 Å². The summed E-state index contributed by atoms with van der Waals surface area (Å²) in [5, 5.41) is 0. The van der Waals surface area contributed by atoms with Crippen LogP contribution in [0.3, 0.4) is 0 Å². The fraction of sp³-hybridized carbons (Fsp3) is 0.368. The number of halogens is 1. The summed E-state index contributed by atoms with van der Waals surface area (Å²) < 4.78 is 52.0. The van der Waals surface area contributed by atoms with Gasteiger partial charge in [0.25, 0.3) is 0 Å². The van der Waals surface area contributed by atoms with Crippen LogP contribution in [0.5, 0.6) is 0 Å². The molecule has 0 fully saturated rings. The minimum absolute atomic E-state index is 0.00000272. The molecule has 0 spiro atoms. The number of nitrogens with zero attached hydrogens (tertiary/aromatic N) is 1. The summed E-state index contributed by atoms with van der Waals surface area (Å²) in [4.78, 5) is 2.13. The van der Waals surface area contributed by atoms with Gasteiger partial charge in [0, 0.05) is 36.4 Å². The molecule has 1 aliphatic rings. The van der Waals surface area contributed by atoms with Gasteiger partial charge in [-0.15, -0.1) is 0 Å². The van der Waals surface area contributed by atoms with Crippen LogP contribution >= 0.6 is 15.9 Å². The Hall–Kier alpha value is -1.26. The Bertz CT molecular complexity index is 1080. The summed E-state index contributed by atoms with van der Waals surface area (Å²) in [6, 6.07) is 12.3. The van der Waals surface area contributed by atoms with Gasteiger partial charge in [-0.3, -0.25) is 4.90 Å². The van der Waals surface area contributed by atoms with Gasteiger partial charge in [0.05, 0.1) is 9.79 Å². The number of sulfonamides is 1. The normalized spacial score (nSPS) is 16.5. The van der Waals surface area contributed by atoms with Crippen LogP contribution in [0.1, 0.15) is 18.1 Å². The third-order valence-electron chi connectivity index (χ3n) is 4.97. The largest absolute Gasteiger partial charge is 0.295 e. The second-order valence-corrected chi connectivity index (χ2v) is 11.7. The van der Waals surface area contributed by atoms with E-state index >= 15 is 0 Å². The molecule has 9 heteroatoms. The zero-order valence-electron chi connectivity index (χ0n) is 15.7. The van der Waals surface area contributed by atoms with Crippen molar-refractivity contribution in [1.29, 1.82) is 0 Å². The van der Waals surface area contributed by atoms with Gasteiger partial charge in [0.15, 0.2) is 9.84 Å². The van der Waals surface area contributed by atoms with Crippen LogP contribution in [0.4, 0.5) is 0 Å². The lowest BCUT2D eigenvalue weighted by Crippen LogP contribution is -2.44. The van der Waals surface area contributed by atoms with E-state index in [1.807, 2.05) is 19.1 Å². The number of hydrogen-bond acceptors (Lipinski definition) is 5. The molecule has 0 amide bonds. The smallest absolute Gasteiger partial charge is 0.241 e. The lowest BCUT2D eigenvalue weighted by Gasteiger charge is -2.33. The van der Waals surface area contributed by atoms with Crippen LogP contribution in [-0.2, 0) is 32.8 Å². The summed E-state index contributed by atoms with van der Waals surface area (Å²) in [5.41, 5.74) is 2.61. The zero-order chi connectivity index (χ0) is 20.5. The molecule has 1 unspecified atom stereocenters. The van der Waals surface area contributed by atoms with Crippen LogP contribution in [0.2, 0.25) is 0 Å². The Morgan fingerprint density at radius 1 is 1.11 bits per heavy atom. The van der Waals surface area contributed by atoms with Gasteiger partial charge in [0.1, 0.15) is 0 Å². The molecule has 0 radical (unpaired) electrons. The second-order valence-electron chi connectivity index (χ2n) is 7.05. The second kappa shape index (κ2) is 8.23. The van der Waals surface area contributed by atoms with E-state index in [9.17, 15) is 16.8 Å². The predicted molar refractivity (Wildman–Crippen MR) is 112 cm³/mol. The minimum atomic E-state index is -3.86. The average Bonchev–Trinajstić information content (AvgIpc) is 2.65. The number of sulfone groups is 1. The Balaban J connectivity index is 1.72. The molecular weight excluding hydrogens is 464 g/mol. The number of fused-ring (bicyclic) bond motifs is 1. The fourth-order valence-electron chi connectivity index (χ4n) is 3.25. The summed E-state index contributed by atoms with van der Waals surface area (Å²) in [5.74, 6) is 0. The average molecular weight is 487 g/mol. The molecule has 28 heavy (non-hydrogen) atoms. The van der Waals surface area contributed by atoms with E-state index in [0.717, 1.165) is 25.8 Å². The van der Waals surface area contributed by atoms with E-state index in [1.165, 1.54) is 29.3 Å².